The van der Waals surface area contributed by atoms with Gasteiger partial charge in [-0.15, -0.1) is 0 Å². The second kappa shape index (κ2) is 6.40. The third-order valence-corrected chi connectivity index (χ3v) is 2.41. The molecule has 0 unspecified atom stereocenters. The molecule has 0 bridgehead atoms. The van der Waals surface area contributed by atoms with Crippen LogP contribution < -0.4 is 16.0 Å². The summed E-state index contributed by atoms with van der Waals surface area (Å²) in [5.74, 6) is -0.596. The molecule has 0 saturated heterocycles. The van der Waals surface area contributed by atoms with Crippen molar-refractivity contribution in [3.8, 4) is 0 Å². The standard InChI is InChI=1S/C13H21FN4O2/c1-13(2,3)20-12(19)16-5-6-18(4)10-7-11(14)17-8-9(10)15/h7-8H,5-6,15H2,1-4H3,(H,16,19). The number of carbonyl (C=O) groups is 1. The van der Waals surface area contributed by atoms with Gasteiger partial charge in [0.05, 0.1) is 17.6 Å². The van der Waals surface area contributed by atoms with E-state index in [1.165, 1.54) is 12.3 Å². The molecule has 7 heteroatoms. The number of carbonyl (C=O) groups excluding carboxylic acids is 1. The van der Waals surface area contributed by atoms with Crippen molar-refractivity contribution in [1.29, 1.82) is 0 Å². The van der Waals surface area contributed by atoms with Gasteiger partial charge in [-0.1, -0.05) is 0 Å². The van der Waals surface area contributed by atoms with E-state index in [2.05, 4.69) is 10.3 Å². The fourth-order valence-corrected chi connectivity index (χ4v) is 1.52. The minimum Gasteiger partial charge on any atom is -0.444 e. The largest absolute Gasteiger partial charge is 0.444 e. The lowest BCUT2D eigenvalue weighted by atomic mass is 10.2. The molecule has 0 aromatic carbocycles. The minimum absolute atomic E-state index is 0.356. The molecule has 0 aliphatic heterocycles. The molecule has 0 spiro atoms. The summed E-state index contributed by atoms with van der Waals surface area (Å²) in [5, 5.41) is 2.62. The highest BCUT2D eigenvalue weighted by Crippen LogP contribution is 2.20. The van der Waals surface area contributed by atoms with Crippen molar-refractivity contribution in [2.45, 2.75) is 26.4 Å². The number of pyridine rings is 1. The summed E-state index contributed by atoms with van der Waals surface area (Å²) >= 11 is 0. The highest BCUT2D eigenvalue weighted by atomic mass is 19.1. The number of amides is 1. The fraction of sp³-hybridized carbons (Fsp3) is 0.538. The van der Waals surface area contributed by atoms with Crippen LogP contribution in [0.25, 0.3) is 0 Å². The van der Waals surface area contributed by atoms with Gasteiger partial charge in [0.1, 0.15) is 5.60 Å². The van der Waals surface area contributed by atoms with Crippen molar-refractivity contribution in [2.75, 3.05) is 30.8 Å². The van der Waals surface area contributed by atoms with Crippen molar-refractivity contribution >= 4 is 17.5 Å². The number of alkyl carbamates (subject to hydrolysis) is 1. The molecule has 0 atom stereocenters. The number of aromatic nitrogens is 1. The maximum Gasteiger partial charge on any atom is 0.407 e. The van der Waals surface area contributed by atoms with Crippen LogP contribution in [0.4, 0.5) is 20.6 Å². The Hall–Kier alpha value is -2.05. The number of likely N-dealkylation sites (N-methyl/N-ethyl adjacent to an activating group) is 1. The number of hydrogen-bond acceptors (Lipinski definition) is 5. The zero-order valence-corrected chi connectivity index (χ0v) is 12.2. The van der Waals surface area contributed by atoms with E-state index in [-0.39, 0.29) is 0 Å². The number of halogens is 1. The quantitative estimate of drug-likeness (QED) is 0.824. The summed E-state index contributed by atoms with van der Waals surface area (Å²) in [6, 6.07) is 1.25. The van der Waals surface area contributed by atoms with E-state index in [0.717, 1.165) is 0 Å². The third kappa shape index (κ3) is 5.29. The van der Waals surface area contributed by atoms with E-state index in [1.54, 1.807) is 32.7 Å². The Labute approximate surface area is 118 Å². The van der Waals surface area contributed by atoms with Gasteiger partial charge in [0, 0.05) is 26.2 Å². The van der Waals surface area contributed by atoms with Crippen LogP contribution in [-0.4, -0.2) is 36.8 Å². The Morgan fingerprint density at radius 3 is 2.80 bits per heavy atom. The maximum atomic E-state index is 13.1. The Bertz CT molecular complexity index is 474. The van der Waals surface area contributed by atoms with Gasteiger partial charge < -0.3 is 20.7 Å². The predicted octanol–water partition coefficient (Wildman–Crippen LogP) is 1.76. The summed E-state index contributed by atoms with van der Waals surface area (Å²) in [7, 11) is 1.75. The average Bonchev–Trinajstić information content (AvgIpc) is 2.29. The van der Waals surface area contributed by atoms with Crippen LogP contribution in [0.2, 0.25) is 0 Å². The van der Waals surface area contributed by atoms with Crippen molar-refractivity contribution in [1.82, 2.24) is 10.3 Å². The lowest BCUT2D eigenvalue weighted by molar-refractivity contribution is 0.0529. The molecule has 112 valence electrons. The van der Waals surface area contributed by atoms with Crippen LogP contribution in [-0.2, 0) is 4.74 Å². The summed E-state index contributed by atoms with van der Waals surface area (Å²) in [4.78, 5) is 16.6. The first kappa shape index (κ1) is 16.0. The first-order valence-corrected chi connectivity index (χ1v) is 6.28. The van der Waals surface area contributed by atoms with Gasteiger partial charge in [0.25, 0.3) is 0 Å². The fourth-order valence-electron chi connectivity index (χ4n) is 1.52. The zero-order chi connectivity index (χ0) is 15.3. The molecular formula is C13H21FN4O2. The lowest BCUT2D eigenvalue weighted by Crippen LogP contribution is -2.37. The number of nitrogens with two attached hydrogens (primary N) is 1. The van der Waals surface area contributed by atoms with Crippen LogP contribution in [0, 0.1) is 5.95 Å². The van der Waals surface area contributed by atoms with E-state index in [1.807, 2.05) is 0 Å². The van der Waals surface area contributed by atoms with Gasteiger partial charge in [0.15, 0.2) is 0 Å². The van der Waals surface area contributed by atoms with Gasteiger partial charge in [0.2, 0.25) is 5.95 Å². The minimum atomic E-state index is -0.596. The Kier molecular flexibility index (Phi) is 5.12. The average molecular weight is 284 g/mol. The number of hydrogen-bond donors (Lipinski definition) is 2. The first-order valence-electron chi connectivity index (χ1n) is 6.28. The summed E-state index contributed by atoms with van der Waals surface area (Å²) < 4.78 is 18.2. The Morgan fingerprint density at radius 1 is 1.55 bits per heavy atom. The summed E-state index contributed by atoms with van der Waals surface area (Å²) in [6.07, 6.45) is 0.780. The van der Waals surface area contributed by atoms with Gasteiger partial charge >= 0.3 is 6.09 Å². The smallest absolute Gasteiger partial charge is 0.407 e. The molecule has 3 N–H and O–H groups in total. The van der Waals surface area contributed by atoms with Crippen molar-refractivity contribution in [2.24, 2.45) is 0 Å². The van der Waals surface area contributed by atoms with Crippen LogP contribution in [0.1, 0.15) is 20.8 Å². The molecule has 1 aromatic rings. The maximum absolute atomic E-state index is 13.1. The number of nitrogens with one attached hydrogen (secondary N) is 1. The highest BCUT2D eigenvalue weighted by molar-refractivity contribution is 5.68. The van der Waals surface area contributed by atoms with Crippen LogP contribution in [0.5, 0.6) is 0 Å². The van der Waals surface area contributed by atoms with E-state index in [4.69, 9.17) is 10.5 Å². The molecule has 20 heavy (non-hydrogen) atoms. The van der Waals surface area contributed by atoms with Crippen LogP contribution in [0.15, 0.2) is 12.3 Å². The molecule has 1 aromatic heterocycles. The lowest BCUT2D eigenvalue weighted by Gasteiger charge is -2.22. The number of ether oxygens (including phenoxy) is 1. The van der Waals surface area contributed by atoms with E-state index >= 15 is 0 Å². The van der Waals surface area contributed by atoms with Crippen LogP contribution in [0.3, 0.4) is 0 Å². The Balaban J connectivity index is 2.46. The van der Waals surface area contributed by atoms with E-state index < -0.39 is 17.6 Å². The summed E-state index contributed by atoms with van der Waals surface area (Å²) in [6.45, 7) is 6.19. The normalized spacial score (nSPS) is 11.1. The number of rotatable bonds is 4. The molecule has 0 saturated carbocycles. The van der Waals surface area contributed by atoms with Gasteiger partial charge in [-0.25, -0.2) is 9.78 Å². The molecule has 6 nitrogen and oxygen atoms in total. The number of nitrogens with zero attached hydrogens (tertiary/aromatic N) is 2. The van der Waals surface area contributed by atoms with Gasteiger partial charge in [-0.05, 0) is 20.8 Å². The molecule has 0 fully saturated rings. The monoisotopic (exact) mass is 284 g/mol. The van der Waals surface area contributed by atoms with Crippen molar-refractivity contribution < 1.29 is 13.9 Å². The second-order valence-electron chi connectivity index (χ2n) is 5.42. The van der Waals surface area contributed by atoms with Crippen LogP contribution >= 0.6 is 0 Å². The van der Waals surface area contributed by atoms with E-state index in [9.17, 15) is 9.18 Å². The molecule has 1 amide bonds. The van der Waals surface area contributed by atoms with Crippen molar-refractivity contribution in [3.05, 3.63) is 18.2 Å². The highest BCUT2D eigenvalue weighted by Gasteiger charge is 2.16. The molecule has 1 heterocycles. The predicted molar refractivity (Wildman–Crippen MR) is 76.1 cm³/mol. The van der Waals surface area contributed by atoms with E-state index in [0.29, 0.717) is 24.5 Å². The third-order valence-electron chi connectivity index (χ3n) is 2.41. The number of anilines is 2. The SMILES string of the molecule is CN(CCNC(=O)OC(C)(C)C)c1cc(F)ncc1N. The first-order chi connectivity index (χ1) is 9.19. The Morgan fingerprint density at radius 2 is 2.20 bits per heavy atom. The molecule has 0 aliphatic rings. The molecular weight excluding hydrogens is 263 g/mol. The zero-order valence-electron chi connectivity index (χ0n) is 12.2. The number of nitrogen functional groups attached to an aromatic ring is 1. The molecule has 0 radical (unpaired) electrons. The second-order valence-corrected chi connectivity index (χ2v) is 5.42. The molecule has 0 aliphatic carbocycles. The topological polar surface area (TPSA) is 80.5 Å². The molecule has 1 rings (SSSR count). The van der Waals surface area contributed by atoms with Gasteiger partial charge in [-0.2, -0.15) is 4.39 Å². The summed E-state index contributed by atoms with van der Waals surface area (Å²) in [5.41, 5.74) is 6.10. The van der Waals surface area contributed by atoms with Crippen molar-refractivity contribution in [3.63, 3.8) is 0 Å². The van der Waals surface area contributed by atoms with Gasteiger partial charge in [-0.3, -0.25) is 0 Å².